The van der Waals surface area contributed by atoms with E-state index < -0.39 is 28.8 Å². The van der Waals surface area contributed by atoms with Gasteiger partial charge >= 0.3 is 6.09 Å². The molecule has 0 spiro atoms. The maximum Gasteiger partial charge on any atom is 0.426 e. The Morgan fingerprint density at radius 1 is 1.47 bits per heavy atom. The standard InChI is InChI=1S/C11H13BrFNO4S/c1-11(2,3)18-10(15)14(19(16)17)7-4-5-9(13)8(12)6-7/h4-6H,1-3H3,(H,16,17)/p-1. The smallest absolute Gasteiger partial charge is 0.426 e. The summed E-state index contributed by atoms with van der Waals surface area (Å²) in [4.78, 5) is 11.8. The molecule has 5 nitrogen and oxygen atoms in total. The van der Waals surface area contributed by atoms with E-state index in [0.29, 0.717) is 4.31 Å². The molecule has 106 valence electrons. The molecule has 0 N–H and O–H groups in total. The van der Waals surface area contributed by atoms with Crippen molar-refractivity contribution in [2.75, 3.05) is 4.31 Å². The molecule has 1 atom stereocenters. The summed E-state index contributed by atoms with van der Waals surface area (Å²) in [7, 11) is 0. The van der Waals surface area contributed by atoms with Gasteiger partial charge in [0.2, 0.25) is 0 Å². The van der Waals surface area contributed by atoms with Crippen LogP contribution in [0.3, 0.4) is 0 Å². The van der Waals surface area contributed by atoms with Crippen molar-refractivity contribution in [2.24, 2.45) is 0 Å². The number of nitrogens with zero attached hydrogens (tertiary/aromatic N) is 1. The lowest BCUT2D eigenvalue weighted by molar-refractivity contribution is 0.0608. The van der Waals surface area contributed by atoms with Crippen LogP contribution in [0.1, 0.15) is 20.8 Å². The maximum absolute atomic E-state index is 13.1. The highest BCUT2D eigenvalue weighted by Crippen LogP contribution is 2.25. The lowest BCUT2D eigenvalue weighted by Gasteiger charge is -2.28. The van der Waals surface area contributed by atoms with Crippen molar-refractivity contribution in [1.82, 2.24) is 0 Å². The molecular weight excluding hydrogens is 341 g/mol. The lowest BCUT2D eigenvalue weighted by atomic mass is 10.2. The quantitative estimate of drug-likeness (QED) is 0.766. The van der Waals surface area contributed by atoms with E-state index in [1.807, 2.05) is 0 Å². The molecule has 0 heterocycles. The van der Waals surface area contributed by atoms with Crippen LogP contribution in [0.2, 0.25) is 0 Å². The normalized spacial score (nSPS) is 12.9. The topological polar surface area (TPSA) is 69.7 Å². The molecule has 1 aromatic carbocycles. The van der Waals surface area contributed by atoms with Crippen LogP contribution in [-0.4, -0.2) is 20.5 Å². The molecule has 0 bridgehead atoms. The van der Waals surface area contributed by atoms with Gasteiger partial charge in [0, 0.05) is 0 Å². The fraction of sp³-hybridized carbons (Fsp3) is 0.364. The van der Waals surface area contributed by atoms with Crippen LogP contribution in [0.4, 0.5) is 14.9 Å². The molecule has 19 heavy (non-hydrogen) atoms. The molecule has 8 heteroatoms. The number of amides is 1. The van der Waals surface area contributed by atoms with Crippen LogP contribution >= 0.6 is 15.9 Å². The van der Waals surface area contributed by atoms with Gasteiger partial charge in [-0.05, 0) is 54.9 Å². The zero-order chi connectivity index (χ0) is 14.8. The van der Waals surface area contributed by atoms with E-state index >= 15 is 0 Å². The zero-order valence-electron chi connectivity index (χ0n) is 10.5. The molecule has 1 unspecified atom stereocenters. The summed E-state index contributed by atoms with van der Waals surface area (Å²) in [5.41, 5.74) is -0.859. The second-order valence-corrected chi connectivity index (χ2v) is 6.24. The second kappa shape index (κ2) is 5.98. The molecule has 0 saturated carbocycles. The molecule has 0 aliphatic rings. The van der Waals surface area contributed by atoms with Gasteiger partial charge in [0.15, 0.2) is 0 Å². The van der Waals surface area contributed by atoms with Crippen molar-refractivity contribution in [3.05, 3.63) is 28.5 Å². The van der Waals surface area contributed by atoms with Crippen molar-refractivity contribution >= 4 is 39.0 Å². The Bertz CT molecular complexity index is 518. The summed E-state index contributed by atoms with van der Waals surface area (Å²) in [6, 6.07) is 3.39. The number of carbonyl (C=O) groups is 1. The van der Waals surface area contributed by atoms with Gasteiger partial charge in [-0.15, -0.1) is 0 Å². The number of hydrogen-bond donors (Lipinski definition) is 0. The average molecular weight is 353 g/mol. The highest BCUT2D eigenvalue weighted by atomic mass is 79.9. The number of rotatable bonds is 2. The van der Waals surface area contributed by atoms with Crippen molar-refractivity contribution in [2.45, 2.75) is 26.4 Å². The van der Waals surface area contributed by atoms with E-state index in [9.17, 15) is 17.9 Å². The van der Waals surface area contributed by atoms with Crippen LogP contribution in [0.5, 0.6) is 0 Å². The van der Waals surface area contributed by atoms with Crippen LogP contribution in [-0.2, 0) is 16.0 Å². The van der Waals surface area contributed by atoms with E-state index in [1.165, 1.54) is 12.1 Å². The van der Waals surface area contributed by atoms with E-state index in [2.05, 4.69) is 15.9 Å². The molecule has 0 saturated heterocycles. The Labute approximate surface area is 121 Å². The molecule has 1 rings (SSSR count). The molecule has 1 aromatic rings. The second-order valence-electron chi connectivity index (χ2n) is 4.59. The van der Waals surface area contributed by atoms with Crippen LogP contribution < -0.4 is 4.31 Å². The Kier molecular flexibility index (Phi) is 5.05. The monoisotopic (exact) mass is 352 g/mol. The predicted molar refractivity (Wildman–Crippen MR) is 71.7 cm³/mol. The molecule has 0 fully saturated rings. The molecule has 0 aliphatic carbocycles. The summed E-state index contributed by atoms with van der Waals surface area (Å²) in [6.45, 7) is 4.83. The molecular formula is C11H12BrFNO4S-. The minimum absolute atomic E-state index is 0.0177. The minimum Gasteiger partial charge on any atom is -0.755 e. The van der Waals surface area contributed by atoms with Crippen LogP contribution in [0, 0.1) is 5.82 Å². The van der Waals surface area contributed by atoms with Crippen molar-refractivity contribution < 1.29 is 22.7 Å². The Balaban J connectivity index is 3.10. The average Bonchev–Trinajstić information content (AvgIpc) is 2.20. The number of halogens is 2. The van der Waals surface area contributed by atoms with Gasteiger partial charge in [0.05, 0.1) is 21.4 Å². The van der Waals surface area contributed by atoms with Crippen molar-refractivity contribution in [1.29, 1.82) is 0 Å². The first kappa shape index (κ1) is 16.1. The van der Waals surface area contributed by atoms with Gasteiger partial charge in [-0.3, -0.25) is 4.21 Å². The summed E-state index contributed by atoms with van der Waals surface area (Å²) in [5, 5.41) is 0. The molecule has 0 radical (unpaired) electrons. The maximum atomic E-state index is 13.1. The third kappa shape index (κ3) is 4.55. The fourth-order valence-electron chi connectivity index (χ4n) is 1.17. The highest BCUT2D eigenvalue weighted by molar-refractivity contribution is 9.10. The number of ether oxygens (including phenoxy) is 1. The third-order valence-corrected chi connectivity index (χ3v) is 3.11. The van der Waals surface area contributed by atoms with E-state index in [-0.39, 0.29) is 10.2 Å². The van der Waals surface area contributed by atoms with Gasteiger partial charge in [-0.1, -0.05) is 0 Å². The summed E-state index contributed by atoms with van der Waals surface area (Å²) in [5.74, 6) is -0.565. The lowest BCUT2D eigenvalue weighted by Crippen LogP contribution is -2.38. The Morgan fingerprint density at radius 3 is 2.47 bits per heavy atom. The summed E-state index contributed by atoms with van der Waals surface area (Å²) in [6.07, 6.45) is -1.06. The molecule has 1 amide bonds. The zero-order valence-corrected chi connectivity index (χ0v) is 12.9. The fourth-order valence-corrected chi connectivity index (χ4v) is 1.98. The van der Waals surface area contributed by atoms with Crippen LogP contribution in [0.25, 0.3) is 0 Å². The highest BCUT2D eigenvalue weighted by Gasteiger charge is 2.24. The van der Waals surface area contributed by atoms with Crippen molar-refractivity contribution in [3.63, 3.8) is 0 Å². The first-order valence-corrected chi connectivity index (χ1v) is 7.02. The SMILES string of the molecule is CC(C)(C)OC(=O)N(c1ccc(F)c(Br)c1)S(=O)[O-]. The minimum atomic E-state index is -2.87. The first-order chi connectivity index (χ1) is 8.61. The number of hydrogen-bond acceptors (Lipinski definition) is 4. The van der Waals surface area contributed by atoms with Crippen molar-refractivity contribution in [3.8, 4) is 0 Å². The molecule has 0 aromatic heterocycles. The van der Waals surface area contributed by atoms with Gasteiger partial charge in [-0.25, -0.2) is 13.5 Å². The third-order valence-electron chi connectivity index (χ3n) is 1.85. The predicted octanol–water partition coefficient (Wildman–Crippen LogP) is 3.12. The first-order valence-electron chi connectivity index (χ1n) is 5.19. The van der Waals surface area contributed by atoms with E-state index in [0.717, 1.165) is 6.07 Å². The number of anilines is 1. The van der Waals surface area contributed by atoms with E-state index in [4.69, 9.17) is 4.74 Å². The summed E-state index contributed by atoms with van der Waals surface area (Å²) >= 11 is 0.0507. The van der Waals surface area contributed by atoms with Crippen LogP contribution in [0.15, 0.2) is 22.7 Å². The molecule has 0 aliphatic heterocycles. The van der Waals surface area contributed by atoms with Gasteiger partial charge in [0.25, 0.3) is 0 Å². The Hall–Kier alpha value is -0.990. The largest absolute Gasteiger partial charge is 0.755 e. The Morgan fingerprint density at radius 2 is 2.05 bits per heavy atom. The summed E-state index contributed by atoms with van der Waals surface area (Å²) < 4.78 is 40.8. The number of carbonyl (C=O) groups excluding carboxylic acids is 1. The number of benzene rings is 1. The van der Waals surface area contributed by atoms with E-state index in [1.54, 1.807) is 20.8 Å². The van der Waals surface area contributed by atoms with Gasteiger partial charge in [-0.2, -0.15) is 0 Å². The van der Waals surface area contributed by atoms with Gasteiger partial charge < -0.3 is 9.29 Å². The van der Waals surface area contributed by atoms with Gasteiger partial charge in [0.1, 0.15) is 11.4 Å².